The van der Waals surface area contributed by atoms with Crippen molar-refractivity contribution in [3.8, 4) is 6.07 Å². The largest absolute Gasteiger partial charge is 0.618 e. The van der Waals surface area contributed by atoms with Gasteiger partial charge in [-0.3, -0.25) is 0 Å². The highest BCUT2D eigenvalue weighted by atomic mass is 16.5. The zero-order valence-corrected chi connectivity index (χ0v) is 10.2. The highest BCUT2D eigenvalue weighted by molar-refractivity contribution is 5.75. The second-order valence-electron chi connectivity index (χ2n) is 3.96. The first-order valence-electron chi connectivity index (χ1n) is 5.41. The molecule has 2 aromatic rings. The molecule has 0 saturated heterocycles. The number of anilines is 1. The molecular formula is C13H12N4O. The van der Waals surface area contributed by atoms with Crippen molar-refractivity contribution in [3.63, 3.8) is 0 Å². The van der Waals surface area contributed by atoms with Gasteiger partial charge in [0, 0.05) is 32.3 Å². The summed E-state index contributed by atoms with van der Waals surface area (Å²) < 4.78 is 0.797. The first-order valence-corrected chi connectivity index (χ1v) is 5.41. The number of para-hydroxylation sites is 2. The van der Waals surface area contributed by atoms with E-state index in [1.807, 2.05) is 12.1 Å². The number of nitriles is 1. The summed E-state index contributed by atoms with van der Waals surface area (Å²) >= 11 is 0. The fraction of sp³-hybridized carbons (Fsp3) is 0.154. The van der Waals surface area contributed by atoms with Gasteiger partial charge in [-0.2, -0.15) is 9.99 Å². The van der Waals surface area contributed by atoms with Crippen LogP contribution in [-0.4, -0.2) is 19.1 Å². The number of fused-ring (bicyclic) bond motifs is 1. The third kappa shape index (κ3) is 1.96. The van der Waals surface area contributed by atoms with Crippen LogP contribution in [0.4, 0.5) is 5.82 Å². The first kappa shape index (κ1) is 11.9. The van der Waals surface area contributed by atoms with Gasteiger partial charge >= 0.3 is 0 Å². The van der Waals surface area contributed by atoms with Gasteiger partial charge in [0.15, 0.2) is 0 Å². The van der Waals surface area contributed by atoms with Gasteiger partial charge in [0.25, 0.3) is 5.69 Å². The molecule has 0 N–H and O–H groups in total. The molecular weight excluding hydrogens is 228 g/mol. The Morgan fingerprint density at radius 1 is 1.39 bits per heavy atom. The number of rotatable bonds is 2. The molecule has 0 aliphatic carbocycles. The maximum absolute atomic E-state index is 12.2. The molecule has 0 spiro atoms. The Morgan fingerprint density at radius 2 is 2.11 bits per heavy atom. The normalized spacial score (nSPS) is 10.7. The van der Waals surface area contributed by atoms with Gasteiger partial charge in [0.05, 0.1) is 6.07 Å². The molecule has 5 nitrogen and oxygen atoms in total. The Morgan fingerprint density at radius 3 is 2.78 bits per heavy atom. The number of hydrogen-bond donors (Lipinski definition) is 0. The Kier molecular flexibility index (Phi) is 3.11. The van der Waals surface area contributed by atoms with Crippen molar-refractivity contribution in [1.29, 1.82) is 5.26 Å². The molecule has 2 rings (SSSR count). The van der Waals surface area contributed by atoms with E-state index in [0.29, 0.717) is 22.5 Å². The van der Waals surface area contributed by atoms with Crippen LogP contribution in [-0.2, 0) is 0 Å². The maximum atomic E-state index is 12.2. The van der Waals surface area contributed by atoms with Crippen LogP contribution in [0.15, 0.2) is 30.3 Å². The van der Waals surface area contributed by atoms with Gasteiger partial charge in [-0.15, -0.1) is 0 Å². The molecule has 0 aliphatic heterocycles. The van der Waals surface area contributed by atoms with Gasteiger partial charge in [-0.1, -0.05) is 12.1 Å². The lowest BCUT2D eigenvalue weighted by molar-refractivity contribution is -0.578. The highest BCUT2D eigenvalue weighted by Gasteiger charge is 2.17. The smallest absolute Gasteiger partial charge is 0.260 e. The topological polar surface area (TPSA) is 66.9 Å². The van der Waals surface area contributed by atoms with Crippen LogP contribution in [0, 0.1) is 16.5 Å². The maximum Gasteiger partial charge on any atom is 0.260 e. The minimum atomic E-state index is 0.361. The van der Waals surface area contributed by atoms with E-state index >= 15 is 0 Å². The summed E-state index contributed by atoms with van der Waals surface area (Å²) in [6.45, 7) is 0. The zero-order valence-electron chi connectivity index (χ0n) is 10.2. The van der Waals surface area contributed by atoms with Crippen molar-refractivity contribution in [3.05, 3.63) is 41.2 Å². The molecule has 0 fully saturated rings. The molecule has 18 heavy (non-hydrogen) atoms. The van der Waals surface area contributed by atoms with Crippen LogP contribution in [0.3, 0.4) is 0 Å². The van der Waals surface area contributed by atoms with Crippen molar-refractivity contribution in [2.24, 2.45) is 0 Å². The summed E-state index contributed by atoms with van der Waals surface area (Å²) in [7, 11) is 3.61. The van der Waals surface area contributed by atoms with E-state index in [1.54, 1.807) is 37.2 Å². The molecule has 0 bridgehead atoms. The number of benzene rings is 1. The molecule has 90 valence electrons. The van der Waals surface area contributed by atoms with E-state index in [-0.39, 0.29) is 0 Å². The standard InChI is InChI=1S/C13H12N4O/c1-16(2)13-12(8-5-9-14)17(18)11-7-4-3-6-10(11)15-13/h3-8H,1-2H3/b8-5-. The molecule has 0 atom stereocenters. The molecule has 0 radical (unpaired) electrons. The number of hydrogen-bond acceptors (Lipinski definition) is 4. The van der Waals surface area contributed by atoms with Crippen LogP contribution in [0.5, 0.6) is 0 Å². The minimum Gasteiger partial charge on any atom is -0.618 e. The lowest BCUT2D eigenvalue weighted by Crippen LogP contribution is -2.34. The lowest BCUT2D eigenvalue weighted by Gasteiger charge is -2.14. The third-order valence-corrected chi connectivity index (χ3v) is 2.51. The van der Waals surface area contributed by atoms with Crippen molar-refractivity contribution in [1.82, 2.24) is 4.98 Å². The average molecular weight is 240 g/mol. The van der Waals surface area contributed by atoms with Crippen LogP contribution < -0.4 is 9.63 Å². The Balaban J connectivity index is 2.80. The minimum absolute atomic E-state index is 0.361. The summed E-state index contributed by atoms with van der Waals surface area (Å²) in [4.78, 5) is 6.18. The summed E-state index contributed by atoms with van der Waals surface area (Å²) in [5.41, 5.74) is 1.48. The van der Waals surface area contributed by atoms with Crippen LogP contribution in [0.25, 0.3) is 17.1 Å². The second kappa shape index (κ2) is 4.72. The van der Waals surface area contributed by atoms with Crippen molar-refractivity contribution in [2.75, 3.05) is 19.0 Å². The average Bonchev–Trinajstić information content (AvgIpc) is 2.37. The number of nitrogens with zero attached hydrogens (tertiary/aromatic N) is 4. The number of allylic oxidation sites excluding steroid dienone is 1. The van der Waals surface area contributed by atoms with E-state index in [2.05, 4.69) is 4.98 Å². The predicted molar refractivity (Wildman–Crippen MR) is 69.7 cm³/mol. The fourth-order valence-corrected chi connectivity index (χ4v) is 1.71. The summed E-state index contributed by atoms with van der Waals surface area (Å²) in [5.74, 6) is 0.537. The van der Waals surface area contributed by atoms with E-state index in [1.165, 1.54) is 12.2 Å². The molecule has 0 unspecified atom stereocenters. The van der Waals surface area contributed by atoms with Crippen molar-refractivity contribution >= 4 is 22.9 Å². The Labute approximate surface area is 105 Å². The number of aromatic nitrogens is 2. The fourth-order valence-electron chi connectivity index (χ4n) is 1.71. The van der Waals surface area contributed by atoms with Crippen LogP contribution in [0.1, 0.15) is 5.69 Å². The first-order chi connectivity index (χ1) is 8.65. The Hall–Kier alpha value is -2.61. The van der Waals surface area contributed by atoms with Crippen molar-refractivity contribution in [2.45, 2.75) is 0 Å². The van der Waals surface area contributed by atoms with Crippen LogP contribution in [0.2, 0.25) is 0 Å². The van der Waals surface area contributed by atoms with Gasteiger partial charge in [0.1, 0.15) is 5.52 Å². The van der Waals surface area contributed by atoms with E-state index in [0.717, 1.165) is 4.73 Å². The second-order valence-corrected chi connectivity index (χ2v) is 3.96. The summed E-state index contributed by atoms with van der Waals surface area (Å²) in [6, 6.07) is 8.99. The highest BCUT2D eigenvalue weighted by Crippen LogP contribution is 2.18. The van der Waals surface area contributed by atoms with Gasteiger partial charge in [0.2, 0.25) is 11.3 Å². The molecule has 0 aliphatic rings. The zero-order chi connectivity index (χ0) is 13.1. The molecule has 0 amide bonds. The SMILES string of the molecule is CN(C)c1nc2ccccc2[n+]([O-])c1/C=C\C#N. The molecule has 5 heteroatoms. The lowest BCUT2D eigenvalue weighted by atomic mass is 10.2. The van der Waals surface area contributed by atoms with E-state index < -0.39 is 0 Å². The summed E-state index contributed by atoms with van der Waals surface area (Å²) in [5, 5.41) is 20.8. The van der Waals surface area contributed by atoms with Crippen LogP contribution >= 0.6 is 0 Å². The Bertz CT molecular complexity index is 656. The van der Waals surface area contributed by atoms with Gasteiger partial charge in [-0.05, 0) is 6.07 Å². The molecule has 1 aromatic carbocycles. The predicted octanol–water partition coefficient (Wildman–Crippen LogP) is 1.47. The third-order valence-electron chi connectivity index (χ3n) is 2.51. The van der Waals surface area contributed by atoms with E-state index in [9.17, 15) is 5.21 Å². The molecule has 1 aromatic heterocycles. The molecule has 0 saturated carbocycles. The van der Waals surface area contributed by atoms with E-state index in [4.69, 9.17) is 5.26 Å². The van der Waals surface area contributed by atoms with Gasteiger partial charge < -0.3 is 10.1 Å². The van der Waals surface area contributed by atoms with Gasteiger partial charge in [-0.25, -0.2) is 4.98 Å². The van der Waals surface area contributed by atoms with Crippen molar-refractivity contribution < 1.29 is 4.73 Å². The monoisotopic (exact) mass is 240 g/mol. The summed E-state index contributed by atoms with van der Waals surface area (Å²) in [6.07, 6.45) is 2.74. The quantitative estimate of drug-likeness (QED) is 0.453. The molecule has 1 heterocycles.